The lowest BCUT2D eigenvalue weighted by Crippen LogP contribution is -2.37. The molecule has 3 aromatic rings. The molecule has 1 aromatic carbocycles. The summed E-state index contributed by atoms with van der Waals surface area (Å²) in [5, 5.41) is 8.81. The average Bonchev–Trinajstić information content (AvgIpc) is 3.29. The maximum Gasteiger partial charge on any atom is 0.134 e. The van der Waals surface area contributed by atoms with Gasteiger partial charge >= 0.3 is 0 Å². The SMILES string of the molecule is Cn1nccc1CN1C[C@@H](F)C[C@H]1CNCc1coc2ccccc12. The summed E-state index contributed by atoms with van der Waals surface area (Å²) in [7, 11) is 1.93. The first kappa shape index (κ1) is 16.3. The van der Waals surface area contributed by atoms with E-state index in [1.54, 1.807) is 12.5 Å². The topological polar surface area (TPSA) is 46.2 Å². The number of fused-ring (bicyclic) bond motifs is 1. The third-order valence-corrected chi connectivity index (χ3v) is 5.02. The van der Waals surface area contributed by atoms with Crippen LogP contribution in [0.3, 0.4) is 0 Å². The highest BCUT2D eigenvalue weighted by atomic mass is 19.1. The first-order valence-electron chi connectivity index (χ1n) is 8.71. The van der Waals surface area contributed by atoms with Gasteiger partial charge in [0.1, 0.15) is 11.8 Å². The molecule has 0 radical (unpaired) electrons. The van der Waals surface area contributed by atoms with Gasteiger partial charge in [-0.25, -0.2) is 4.39 Å². The van der Waals surface area contributed by atoms with E-state index in [2.05, 4.69) is 21.4 Å². The summed E-state index contributed by atoms with van der Waals surface area (Å²) in [4.78, 5) is 2.21. The molecule has 0 saturated carbocycles. The quantitative estimate of drug-likeness (QED) is 0.748. The van der Waals surface area contributed by atoms with E-state index >= 15 is 0 Å². The molecule has 25 heavy (non-hydrogen) atoms. The lowest BCUT2D eigenvalue weighted by Gasteiger charge is -2.24. The molecule has 6 heteroatoms. The monoisotopic (exact) mass is 342 g/mol. The summed E-state index contributed by atoms with van der Waals surface area (Å²) in [6.45, 7) is 2.71. The molecule has 0 amide bonds. The minimum atomic E-state index is -0.755. The van der Waals surface area contributed by atoms with Gasteiger partial charge in [0, 0.05) is 56.4 Å². The van der Waals surface area contributed by atoms with Gasteiger partial charge in [0.05, 0.1) is 12.0 Å². The molecule has 1 N–H and O–H groups in total. The molecule has 4 rings (SSSR count). The second kappa shape index (κ2) is 6.98. The van der Waals surface area contributed by atoms with Gasteiger partial charge in [-0.2, -0.15) is 5.10 Å². The Morgan fingerprint density at radius 3 is 3.04 bits per heavy atom. The lowest BCUT2D eigenvalue weighted by molar-refractivity contribution is 0.224. The summed E-state index contributed by atoms with van der Waals surface area (Å²) in [5.74, 6) is 0. The van der Waals surface area contributed by atoms with E-state index in [9.17, 15) is 4.39 Å². The number of likely N-dealkylation sites (tertiary alicyclic amines) is 1. The molecule has 5 nitrogen and oxygen atoms in total. The van der Waals surface area contributed by atoms with Gasteiger partial charge in [-0.05, 0) is 18.6 Å². The highest BCUT2D eigenvalue weighted by Crippen LogP contribution is 2.23. The van der Waals surface area contributed by atoms with E-state index in [-0.39, 0.29) is 6.04 Å². The summed E-state index contributed by atoms with van der Waals surface area (Å²) < 4.78 is 21.4. The maximum absolute atomic E-state index is 14.0. The third kappa shape index (κ3) is 3.45. The number of hydrogen-bond donors (Lipinski definition) is 1. The Hall–Kier alpha value is -2.18. The van der Waals surface area contributed by atoms with Crippen LogP contribution in [0.2, 0.25) is 0 Å². The molecule has 0 unspecified atom stereocenters. The Kier molecular flexibility index (Phi) is 4.55. The zero-order chi connectivity index (χ0) is 17.2. The van der Waals surface area contributed by atoms with Gasteiger partial charge < -0.3 is 9.73 Å². The summed E-state index contributed by atoms with van der Waals surface area (Å²) in [6, 6.07) is 10.2. The fraction of sp³-hybridized carbons (Fsp3) is 0.421. The molecular weight excluding hydrogens is 319 g/mol. The fourth-order valence-corrected chi connectivity index (χ4v) is 3.64. The normalized spacial score (nSPS) is 21.4. The largest absolute Gasteiger partial charge is 0.464 e. The third-order valence-electron chi connectivity index (χ3n) is 5.02. The van der Waals surface area contributed by atoms with Crippen LogP contribution in [-0.2, 0) is 20.1 Å². The first-order valence-corrected chi connectivity index (χ1v) is 8.71. The Morgan fingerprint density at radius 1 is 1.32 bits per heavy atom. The average molecular weight is 342 g/mol. The molecule has 1 saturated heterocycles. The number of aromatic nitrogens is 2. The van der Waals surface area contributed by atoms with E-state index in [1.165, 1.54) is 0 Å². The van der Waals surface area contributed by atoms with E-state index in [0.717, 1.165) is 41.9 Å². The van der Waals surface area contributed by atoms with Crippen molar-refractivity contribution in [2.24, 2.45) is 7.05 Å². The van der Waals surface area contributed by atoms with Crippen LogP contribution in [0.5, 0.6) is 0 Å². The number of alkyl halides is 1. The van der Waals surface area contributed by atoms with Crippen LogP contribution >= 0.6 is 0 Å². The summed E-state index contributed by atoms with van der Waals surface area (Å²) in [5.41, 5.74) is 3.16. The Balaban J connectivity index is 1.37. The molecule has 1 aliphatic heterocycles. The molecule has 3 heterocycles. The van der Waals surface area contributed by atoms with Crippen molar-refractivity contribution in [3.8, 4) is 0 Å². The van der Waals surface area contributed by atoms with Gasteiger partial charge in [0.15, 0.2) is 0 Å². The van der Waals surface area contributed by atoms with Crippen LogP contribution in [0, 0.1) is 0 Å². The predicted octanol–water partition coefficient (Wildman–Crippen LogP) is 2.87. The van der Waals surface area contributed by atoms with Gasteiger partial charge in [-0.15, -0.1) is 0 Å². The lowest BCUT2D eigenvalue weighted by atomic mass is 10.1. The molecular formula is C19H23FN4O. The van der Waals surface area contributed by atoms with Gasteiger partial charge in [0.2, 0.25) is 0 Å². The van der Waals surface area contributed by atoms with Crippen molar-refractivity contribution in [3.05, 3.63) is 54.0 Å². The van der Waals surface area contributed by atoms with Crippen molar-refractivity contribution in [2.45, 2.75) is 31.7 Å². The van der Waals surface area contributed by atoms with Gasteiger partial charge in [-0.3, -0.25) is 9.58 Å². The number of halogens is 1. The van der Waals surface area contributed by atoms with Crippen molar-refractivity contribution in [3.63, 3.8) is 0 Å². The molecule has 1 aliphatic rings. The molecule has 132 valence electrons. The van der Waals surface area contributed by atoms with Crippen LogP contribution in [-0.4, -0.2) is 40.0 Å². The molecule has 1 fully saturated rings. The number of nitrogens with one attached hydrogen (secondary N) is 1. The molecule has 0 aliphatic carbocycles. The Labute approximate surface area is 146 Å². The zero-order valence-corrected chi connectivity index (χ0v) is 14.4. The number of nitrogens with zero attached hydrogens (tertiary/aromatic N) is 3. The minimum Gasteiger partial charge on any atom is -0.464 e. The van der Waals surface area contributed by atoms with Crippen LogP contribution in [0.1, 0.15) is 17.7 Å². The maximum atomic E-state index is 14.0. The van der Waals surface area contributed by atoms with Crippen molar-refractivity contribution in [1.29, 1.82) is 0 Å². The van der Waals surface area contributed by atoms with Crippen molar-refractivity contribution < 1.29 is 8.81 Å². The van der Waals surface area contributed by atoms with E-state index in [1.807, 2.05) is 36.0 Å². The highest BCUT2D eigenvalue weighted by molar-refractivity contribution is 5.80. The summed E-state index contributed by atoms with van der Waals surface area (Å²) in [6.07, 6.45) is 3.42. The number of furan rings is 1. The van der Waals surface area contributed by atoms with Gasteiger partial charge in [-0.1, -0.05) is 18.2 Å². The number of para-hydroxylation sites is 1. The highest BCUT2D eigenvalue weighted by Gasteiger charge is 2.32. The predicted molar refractivity (Wildman–Crippen MR) is 94.8 cm³/mol. The van der Waals surface area contributed by atoms with Crippen molar-refractivity contribution in [2.75, 3.05) is 13.1 Å². The molecule has 2 atom stereocenters. The van der Waals surface area contributed by atoms with E-state index < -0.39 is 6.17 Å². The Morgan fingerprint density at radius 2 is 2.20 bits per heavy atom. The molecule has 0 spiro atoms. The van der Waals surface area contributed by atoms with E-state index in [0.29, 0.717) is 13.0 Å². The standard InChI is InChI=1S/C19H23FN4O/c1-23-16(6-7-22-23)12-24-11-15(20)8-17(24)10-21-9-14-13-25-19-5-3-2-4-18(14)19/h2-7,13,15,17,21H,8-12H2,1H3/t15-,17-/m0/s1. The number of aryl methyl sites for hydroxylation is 1. The Bertz CT molecular complexity index is 843. The minimum absolute atomic E-state index is 0.197. The van der Waals surface area contributed by atoms with Gasteiger partial charge in [0.25, 0.3) is 0 Å². The van der Waals surface area contributed by atoms with Crippen molar-refractivity contribution >= 4 is 11.0 Å². The van der Waals surface area contributed by atoms with Crippen LogP contribution in [0.4, 0.5) is 4.39 Å². The second-order valence-corrected chi connectivity index (χ2v) is 6.75. The second-order valence-electron chi connectivity index (χ2n) is 6.75. The first-order chi connectivity index (χ1) is 12.2. The molecule has 2 aromatic heterocycles. The summed E-state index contributed by atoms with van der Waals surface area (Å²) >= 11 is 0. The van der Waals surface area contributed by atoms with Crippen LogP contribution < -0.4 is 5.32 Å². The smallest absolute Gasteiger partial charge is 0.134 e. The number of rotatable bonds is 6. The fourth-order valence-electron chi connectivity index (χ4n) is 3.64. The number of hydrogen-bond acceptors (Lipinski definition) is 4. The van der Waals surface area contributed by atoms with Crippen LogP contribution in [0.25, 0.3) is 11.0 Å². The van der Waals surface area contributed by atoms with E-state index in [4.69, 9.17) is 4.42 Å². The van der Waals surface area contributed by atoms with Crippen molar-refractivity contribution in [1.82, 2.24) is 20.0 Å². The van der Waals surface area contributed by atoms with Crippen LogP contribution in [0.15, 0.2) is 47.2 Å². The zero-order valence-electron chi connectivity index (χ0n) is 14.4. The molecule has 0 bridgehead atoms. The number of benzene rings is 1.